The molecule has 0 radical (unpaired) electrons. The first-order chi connectivity index (χ1) is 6.59. The van der Waals surface area contributed by atoms with Gasteiger partial charge in [-0.2, -0.15) is 0 Å². The van der Waals surface area contributed by atoms with E-state index in [1.807, 2.05) is 0 Å². The second-order valence-corrected chi connectivity index (χ2v) is 2.64. The van der Waals surface area contributed by atoms with Gasteiger partial charge in [-0.1, -0.05) is 0 Å². The number of nitrogen functional groups attached to an aromatic ring is 1. The van der Waals surface area contributed by atoms with Crippen LogP contribution in [0.2, 0.25) is 0 Å². The number of hydrogen-bond acceptors (Lipinski definition) is 6. The van der Waals surface area contributed by atoms with Gasteiger partial charge in [0.05, 0.1) is 6.54 Å². The molecule has 0 saturated carbocycles. The van der Waals surface area contributed by atoms with Gasteiger partial charge in [-0.25, -0.2) is 0 Å². The van der Waals surface area contributed by atoms with E-state index in [9.17, 15) is 4.79 Å². The monoisotopic (exact) mass is 197 g/mol. The van der Waals surface area contributed by atoms with E-state index in [2.05, 4.69) is 15.5 Å². The van der Waals surface area contributed by atoms with Gasteiger partial charge in [-0.3, -0.25) is 4.79 Å². The molecule has 0 aliphatic rings. The third-order valence-corrected chi connectivity index (χ3v) is 1.49. The molecule has 1 aromatic rings. The molecule has 1 amide bonds. The zero-order chi connectivity index (χ0) is 10.6. The van der Waals surface area contributed by atoms with Crippen LogP contribution < -0.4 is 16.8 Å². The Morgan fingerprint density at radius 3 is 2.79 bits per heavy atom. The summed E-state index contributed by atoms with van der Waals surface area (Å²) < 4.78 is 0. The summed E-state index contributed by atoms with van der Waals surface area (Å²) in [7, 11) is 0. The lowest BCUT2D eigenvalue weighted by Crippen LogP contribution is -2.34. The Morgan fingerprint density at radius 2 is 2.29 bits per heavy atom. The minimum Gasteiger partial charge on any atom is -0.382 e. The molecule has 14 heavy (non-hydrogen) atoms. The average Bonchev–Trinajstić information content (AvgIpc) is 2.16. The maximum absolute atomic E-state index is 10.5. The van der Waals surface area contributed by atoms with Crippen molar-refractivity contribution in [3.63, 3.8) is 0 Å². The molecule has 0 spiro atoms. The van der Waals surface area contributed by atoms with Gasteiger partial charge in [0.1, 0.15) is 17.7 Å². The predicted octanol–water partition coefficient (Wildman–Crippen LogP) is -1.68. The Labute approximate surface area is 80.1 Å². The Bertz CT molecular complexity index is 312. The summed E-state index contributed by atoms with van der Waals surface area (Å²) in [6, 6.07) is 3.13. The van der Waals surface area contributed by atoms with Crippen molar-refractivity contribution < 1.29 is 9.90 Å². The first-order valence-electron chi connectivity index (χ1n) is 3.90. The molecule has 0 fully saturated rings. The lowest BCUT2D eigenvalue weighted by atomic mass is 10.3. The molecule has 1 rings (SSSR count). The molecule has 0 saturated heterocycles. The van der Waals surface area contributed by atoms with Crippen LogP contribution in [0.3, 0.4) is 0 Å². The van der Waals surface area contributed by atoms with E-state index in [-0.39, 0.29) is 6.54 Å². The molecular formula is C7H11N5O2. The fourth-order valence-corrected chi connectivity index (χ4v) is 0.739. The van der Waals surface area contributed by atoms with Crippen LogP contribution >= 0.6 is 0 Å². The molecule has 7 nitrogen and oxygen atoms in total. The maximum Gasteiger partial charge on any atom is 0.248 e. The summed E-state index contributed by atoms with van der Waals surface area (Å²) >= 11 is 0. The number of carbonyl (C=O) groups excluding carboxylic acids is 1. The summed E-state index contributed by atoms with van der Waals surface area (Å²) in [5.74, 6) is -0.0774. The van der Waals surface area contributed by atoms with Crippen LogP contribution in [0.5, 0.6) is 0 Å². The number of amides is 1. The highest BCUT2D eigenvalue weighted by molar-refractivity contribution is 5.79. The number of aliphatic hydroxyl groups is 1. The van der Waals surface area contributed by atoms with Crippen LogP contribution in [0.4, 0.5) is 11.6 Å². The number of primary amides is 1. The van der Waals surface area contributed by atoms with Crippen LogP contribution in [0.25, 0.3) is 0 Å². The van der Waals surface area contributed by atoms with Crippen LogP contribution in [0.15, 0.2) is 12.1 Å². The number of nitrogens with one attached hydrogen (secondary N) is 1. The molecule has 1 heterocycles. The second kappa shape index (κ2) is 4.38. The van der Waals surface area contributed by atoms with Gasteiger partial charge >= 0.3 is 0 Å². The number of nitrogens with zero attached hydrogens (tertiary/aromatic N) is 2. The lowest BCUT2D eigenvalue weighted by molar-refractivity contribution is -0.125. The van der Waals surface area contributed by atoms with Crippen LogP contribution in [0.1, 0.15) is 0 Å². The van der Waals surface area contributed by atoms with Crippen molar-refractivity contribution in [1.29, 1.82) is 0 Å². The number of rotatable bonds is 4. The smallest absolute Gasteiger partial charge is 0.248 e. The van der Waals surface area contributed by atoms with Crippen LogP contribution in [0, 0.1) is 0 Å². The number of aromatic nitrogens is 2. The Hall–Kier alpha value is -1.89. The highest BCUT2D eigenvalue weighted by Crippen LogP contribution is 2.02. The van der Waals surface area contributed by atoms with Gasteiger partial charge in [-0.15, -0.1) is 10.2 Å². The van der Waals surface area contributed by atoms with E-state index in [4.69, 9.17) is 16.6 Å². The van der Waals surface area contributed by atoms with E-state index in [0.717, 1.165) is 0 Å². The Balaban J connectivity index is 2.46. The predicted molar refractivity (Wildman–Crippen MR) is 50.1 cm³/mol. The first kappa shape index (κ1) is 10.2. The minimum atomic E-state index is -1.24. The standard InChI is InChI=1S/C7H11N5O2/c8-5-1-2-6(12-11-5)10-3-4(13)7(9)14/h1-2,4,13H,3H2,(H2,8,11)(H2,9,14)(H,10,12). The molecular weight excluding hydrogens is 186 g/mol. The third kappa shape index (κ3) is 2.87. The fourth-order valence-electron chi connectivity index (χ4n) is 0.739. The van der Waals surface area contributed by atoms with Gasteiger partial charge in [0.25, 0.3) is 0 Å². The van der Waals surface area contributed by atoms with Crippen LogP contribution in [-0.2, 0) is 4.79 Å². The number of anilines is 2. The molecule has 1 unspecified atom stereocenters. The Morgan fingerprint density at radius 1 is 1.57 bits per heavy atom. The fraction of sp³-hybridized carbons (Fsp3) is 0.286. The summed E-state index contributed by atoms with van der Waals surface area (Å²) in [6.45, 7) is -0.00602. The highest BCUT2D eigenvalue weighted by atomic mass is 16.3. The molecule has 0 aliphatic heterocycles. The first-order valence-corrected chi connectivity index (χ1v) is 3.90. The molecule has 0 aromatic carbocycles. The van der Waals surface area contributed by atoms with Crippen molar-refractivity contribution in [2.24, 2.45) is 5.73 Å². The number of aliphatic hydroxyl groups excluding tert-OH is 1. The van der Waals surface area contributed by atoms with Crippen molar-refractivity contribution >= 4 is 17.5 Å². The van der Waals surface area contributed by atoms with Gasteiger partial charge in [-0.05, 0) is 12.1 Å². The maximum atomic E-state index is 10.5. The van der Waals surface area contributed by atoms with Gasteiger partial charge in [0.15, 0.2) is 0 Å². The quantitative estimate of drug-likeness (QED) is 0.456. The van der Waals surface area contributed by atoms with E-state index in [0.29, 0.717) is 11.6 Å². The highest BCUT2D eigenvalue weighted by Gasteiger charge is 2.09. The third-order valence-electron chi connectivity index (χ3n) is 1.49. The van der Waals surface area contributed by atoms with Crippen molar-refractivity contribution in [1.82, 2.24) is 10.2 Å². The topological polar surface area (TPSA) is 127 Å². The number of nitrogens with two attached hydrogens (primary N) is 2. The molecule has 0 bridgehead atoms. The Kier molecular flexibility index (Phi) is 3.19. The molecule has 7 heteroatoms. The molecule has 76 valence electrons. The lowest BCUT2D eigenvalue weighted by Gasteiger charge is -2.07. The number of carbonyl (C=O) groups is 1. The number of hydrogen-bond donors (Lipinski definition) is 4. The van der Waals surface area contributed by atoms with Crippen molar-refractivity contribution in [2.45, 2.75) is 6.10 Å². The summed E-state index contributed by atoms with van der Waals surface area (Å²) in [4.78, 5) is 10.5. The van der Waals surface area contributed by atoms with Gasteiger partial charge in [0.2, 0.25) is 5.91 Å². The SMILES string of the molecule is NC(=O)C(O)CNc1ccc(N)nn1. The van der Waals surface area contributed by atoms with Crippen molar-refractivity contribution in [3.05, 3.63) is 12.1 Å². The van der Waals surface area contributed by atoms with E-state index in [1.165, 1.54) is 0 Å². The molecule has 6 N–H and O–H groups in total. The van der Waals surface area contributed by atoms with Gasteiger partial charge < -0.3 is 21.9 Å². The van der Waals surface area contributed by atoms with E-state index in [1.54, 1.807) is 12.1 Å². The minimum absolute atomic E-state index is 0.00602. The zero-order valence-corrected chi connectivity index (χ0v) is 7.34. The molecule has 0 aliphatic carbocycles. The summed E-state index contributed by atoms with van der Waals surface area (Å²) in [5, 5.41) is 18.9. The summed E-state index contributed by atoms with van der Waals surface area (Å²) in [6.07, 6.45) is -1.24. The summed E-state index contributed by atoms with van der Waals surface area (Å²) in [5.41, 5.74) is 10.1. The van der Waals surface area contributed by atoms with Gasteiger partial charge in [0, 0.05) is 0 Å². The molecule has 1 aromatic heterocycles. The van der Waals surface area contributed by atoms with Crippen molar-refractivity contribution in [3.8, 4) is 0 Å². The average molecular weight is 197 g/mol. The normalized spacial score (nSPS) is 12.1. The largest absolute Gasteiger partial charge is 0.382 e. The van der Waals surface area contributed by atoms with Crippen LogP contribution in [-0.4, -0.2) is 33.9 Å². The van der Waals surface area contributed by atoms with E-state index >= 15 is 0 Å². The second-order valence-electron chi connectivity index (χ2n) is 2.64. The molecule has 1 atom stereocenters. The zero-order valence-electron chi connectivity index (χ0n) is 7.34. The van der Waals surface area contributed by atoms with Crippen molar-refractivity contribution in [2.75, 3.05) is 17.6 Å². The van der Waals surface area contributed by atoms with E-state index < -0.39 is 12.0 Å².